The first-order valence-corrected chi connectivity index (χ1v) is 7.21. The fourth-order valence-corrected chi connectivity index (χ4v) is 3.25. The Balaban J connectivity index is 1.82. The number of ether oxygens (including phenoxy) is 1. The molecule has 1 saturated heterocycles. The van der Waals surface area contributed by atoms with Gasteiger partial charge >= 0.3 is 0 Å². The molecule has 2 atom stereocenters. The number of hydrogen-bond acceptors (Lipinski definition) is 4. The summed E-state index contributed by atoms with van der Waals surface area (Å²) in [4.78, 5) is 9.28. The van der Waals surface area contributed by atoms with Crippen LogP contribution in [0.4, 0.5) is 0 Å². The predicted molar refractivity (Wildman–Crippen MR) is 73.7 cm³/mol. The normalized spacial score (nSPS) is 29.2. The van der Waals surface area contributed by atoms with Gasteiger partial charge in [-0.05, 0) is 30.6 Å². The molecule has 0 radical (unpaired) electrons. The zero-order chi connectivity index (χ0) is 13.5. The zero-order valence-electron chi connectivity index (χ0n) is 11.9. The lowest BCUT2D eigenvalue weighted by molar-refractivity contribution is 0.185. The van der Waals surface area contributed by atoms with Gasteiger partial charge in [-0.2, -0.15) is 0 Å². The van der Waals surface area contributed by atoms with Crippen molar-refractivity contribution in [2.24, 2.45) is 17.1 Å². The van der Waals surface area contributed by atoms with Crippen LogP contribution in [0.15, 0.2) is 6.20 Å². The summed E-state index contributed by atoms with van der Waals surface area (Å²) in [6.45, 7) is 6.27. The SMILES string of the molecule is CC1(C)Cc2nc(CC3CCOC3)ncc2C(N)C1. The minimum atomic E-state index is 0.0858. The molecule has 1 aliphatic carbocycles. The van der Waals surface area contributed by atoms with Crippen LogP contribution in [0.2, 0.25) is 0 Å². The van der Waals surface area contributed by atoms with Crippen molar-refractivity contribution in [3.8, 4) is 0 Å². The topological polar surface area (TPSA) is 61.0 Å². The van der Waals surface area contributed by atoms with Crippen molar-refractivity contribution in [1.82, 2.24) is 9.97 Å². The van der Waals surface area contributed by atoms with Crippen LogP contribution < -0.4 is 5.73 Å². The molecule has 2 unspecified atom stereocenters. The second-order valence-electron chi connectivity index (χ2n) is 6.77. The molecule has 0 aromatic carbocycles. The number of hydrogen-bond donors (Lipinski definition) is 1. The summed E-state index contributed by atoms with van der Waals surface area (Å²) >= 11 is 0. The standard InChI is InChI=1S/C15H23N3O/c1-15(2)6-12(16)11-8-17-14(18-13(11)7-15)5-10-3-4-19-9-10/h8,10,12H,3-7,9,16H2,1-2H3. The fraction of sp³-hybridized carbons (Fsp3) is 0.733. The largest absolute Gasteiger partial charge is 0.381 e. The van der Waals surface area contributed by atoms with Gasteiger partial charge in [0, 0.05) is 43.1 Å². The van der Waals surface area contributed by atoms with E-state index in [1.807, 2.05) is 6.20 Å². The Morgan fingerprint density at radius 1 is 1.47 bits per heavy atom. The van der Waals surface area contributed by atoms with E-state index >= 15 is 0 Å². The molecule has 4 nitrogen and oxygen atoms in total. The monoisotopic (exact) mass is 261 g/mol. The zero-order valence-corrected chi connectivity index (χ0v) is 11.9. The van der Waals surface area contributed by atoms with E-state index in [1.54, 1.807) is 0 Å². The molecule has 19 heavy (non-hydrogen) atoms. The lowest BCUT2D eigenvalue weighted by Crippen LogP contribution is -2.31. The van der Waals surface area contributed by atoms with Crippen LogP contribution in [0.1, 0.15) is 49.8 Å². The third kappa shape index (κ3) is 2.79. The highest BCUT2D eigenvalue weighted by atomic mass is 16.5. The maximum absolute atomic E-state index is 6.24. The summed E-state index contributed by atoms with van der Waals surface area (Å²) in [5.41, 5.74) is 8.78. The molecular weight excluding hydrogens is 238 g/mol. The maximum Gasteiger partial charge on any atom is 0.128 e. The minimum Gasteiger partial charge on any atom is -0.381 e. The first kappa shape index (κ1) is 13.0. The van der Waals surface area contributed by atoms with Gasteiger partial charge in [0.2, 0.25) is 0 Å². The van der Waals surface area contributed by atoms with Gasteiger partial charge in [0.15, 0.2) is 0 Å². The minimum absolute atomic E-state index is 0.0858. The smallest absolute Gasteiger partial charge is 0.128 e. The molecule has 4 heteroatoms. The van der Waals surface area contributed by atoms with Crippen LogP contribution >= 0.6 is 0 Å². The molecule has 1 aromatic rings. The van der Waals surface area contributed by atoms with Crippen LogP contribution in [-0.4, -0.2) is 23.2 Å². The Hall–Kier alpha value is -1.00. The van der Waals surface area contributed by atoms with Crippen LogP contribution in [0.3, 0.4) is 0 Å². The number of nitrogens with two attached hydrogens (primary N) is 1. The van der Waals surface area contributed by atoms with E-state index in [9.17, 15) is 0 Å². The summed E-state index contributed by atoms with van der Waals surface area (Å²) in [7, 11) is 0. The fourth-order valence-electron chi connectivity index (χ4n) is 3.25. The Labute approximate surface area is 114 Å². The third-order valence-corrected chi connectivity index (χ3v) is 4.26. The number of fused-ring (bicyclic) bond motifs is 1. The predicted octanol–water partition coefficient (Wildman–Crippen LogP) is 2.03. The second kappa shape index (κ2) is 4.84. The first-order chi connectivity index (χ1) is 9.03. The maximum atomic E-state index is 6.24. The molecule has 2 aliphatic rings. The van der Waals surface area contributed by atoms with Gasteiger partial charge < -0.3 is 10.5 Å². The van der Waals surface area contributed by atoms with Gasteiger partial charge in [-0.3, -0.25) is 0 Å². The molecule has 3 rings (SSSR count). The van der Waals surface area contributed by atoms with Crippen molar-refractivity contribution in [3.05, 3.63) is 23.3 Å². The molecule has 2 N–H and O–H groups in total. The average molecular weight is 261 g/mol. The second-order valence-corrected chi connectivity index (χ2v) is 6.77. The number of aromatic nitrogens is 2. The van der Waals surface area contributed by atoms with Gasteiger partial charge in [0.25, 0.3) is 0 Å². The lowest BCUT2D eigenvalue weighted by Gasteiger charge is -2.34. The van der Waals surface area contributed by atoms with E-state index in [4.69, 9.17) is 15.5 Å². The number of rotatable bonds is 2. The summed E-state index contributed by atoms with van der Waals surface area (Å²) in [6, 6.07) is 0.0858. The molecule has 1 aliphatic heterocycles. The summed E-state index contributed by atoms with van der Waals surface area (Å²) in [5, 5.41) is 0. The van der Waals surface area contributed by atoms with Crippen LogP contribution in [-0.2, 0) is 17.6 Å². The molecular formula is C15H23N3O. The van der Waals surface area contributed by atoms with Crippen molar-refractivity contribution in [1.29, 1.82) is 0 Å². The Morgan fingerprint density at radius 3 is 3.05 bits per heavy atom. The van der Waals surface area contributed by atoms with Gasteiger partial charge in [-0.25, -0.2) is 9.97 Å². The van der Waals surface area contributed by atoms with Crippen molar-refractivity contribution in [2.75, 3.05) is 13.2 Å². The van der Waals surface area contributed by atoms with Crippen molar-refractivity contribution in [2.45, 2.75) is 45.6 Å². The Morgan fingerprint density at radius 2 is 2.32 bits per heavy atom. The van der Waals surface area contributed by atoms with E-state index in [0.717, 1.165) is 56.0 Å². The van der Waals surface area contributed by atoms with E-state index < -0.39 is 0 Å². The summed E-state index contributed by atoms with van der Waals surface area (Å²) < 4.78 is 5.42. The highest BCUT2D eigenvalue weighted by molar-refractivity contribution is 5.26. The Bertz CT molecular complexity index is 466. The highest BCUT2D eigenvalue weighted by Crippen LogP contribution is 2.38. The molecule has 0 saturated carbocycles. The van der Waals surface area contributed by atoms with Crippen LogP contribution in [0.25, 0.3) is 0 Å². The highest BCUT2D eigenvalue weighted by Gasteiger charge is 2.32. The Kier molecular flexibility index (Phi) is 3.31. The molecule has 1 fully saturated rings. The molecule has 104 valence electrons. The van der Waals surface area contributed by atoms with Crippen LogP contribution in [0.5, 0.6) is 0 Å². The van der Waals surface area contributed by atoms with Crippen molar-refractivity contribution < 1.29 is 4.74 Å². The number of nitrogens with zero attached hydrogens (tertiary/aromatic N) is 2. The molecule has 0 spiro atoms. The van der Waals surface area contributed by atoms with E-state index in [2.05, 4.69) is 18.8 Å². The molecule has 1 aromatic heterocycles. The van der Waals surface area contributed by atoms with Crippen LogP contribution in [0, 0.1) is 11.3 Å². The average Bonchev–Trinajstić information content (AvgIpc) is 2.79. The third-order valence-electron chi connectivity index (χ3n) is 4.26. The van der Waals surface area contributed by atoms with E-state index in [0.29, 0.717) is 5.92 Å². The quantitative estimate of drug-likeness (QED) is 0.885. The molecule has 0 amide bonds. The lowest BCUT2D eigenvalue weighted by atomic mass is 9.74. The van der Waals surface area contributed by atoms with Gasteiger partial charge in [-0.15, -0.1) is 0 Å². The summed E-state index contributed by atoms with van der Waals surface area (Å²) in [5.74, 6) is 1.54. The molecule has 0 bridgehead atoms. The molecule has 2 heterocycles. The van der Waals surface area contributed by atoms with Gasteiger partial charge in [-0.1, -0.05) is 13.8 Å². The summed E-state index contributed by atoms with van der Waals surface area (Å²) in [6.07, 6.45) is 6.04. The van der Waals surface area contributed by atoms with E-state index in [-0.39, 0.29) is 11.5 Å². The van der Waals surface area contributed by atoms with E-state index in [1.165, 1.54) is 0 Å². The first-order valence-electron chi connectivity index (χ1n) is 7.21. The van der Waals surface area contributed by atoms with Gasteiger partial charge in [0.1, 0.15) is 5.82 Å². The van der Waals surface area contributed by atoms with Crippen molar-refractivity contribution in [3.63, 3.8) is 0 Å². The van der Waals surface area contributed by atoms with Crippen molar-refractivity contribution >= 4 is 0 Å². The van der Waals surface area contributed by atoms with Gasteiger partial charge in [0.05, 0.1) is 0 Å².